The van der Waals surface area contributed by atoms with E-state index in [1.165, 1.54) is 6.20 Å². The lowest BCUT2D eigenvalue weighted by Gasteiger charge is -2.17. The van der Waals surface area contributed by atoms with Crippen molar-refractivity contribution in [3.63, 3.8) is 0 Å². The van der Waals surface area contributed by atoms with Gasteiger partial charge in [0.25, 0.3) is 5.56 Å². The van der Waals surface area contributed by atoms with Gasteiger partial charge in [0.2, 0.25) is 0 Å². The standard InChI is InChI=1S/C20H18ClF3N4O2/c1-12-4-3-5-15(8-12)30-11-13(2)27-16-10-26-28(19(29)18(16)21)17-7-6-14(9-25-17)20(22,23)24/h3-10,13,27H,11H2,1-2H3. The van der Waals surface area contributed by atoms with E-state index in [1.54, 1.807) is 0 Å². The van der Waals surface area contributed by atoms with Crippen LogP contribution in [0.4, 0.5) is 18.9 Å². The Morgan fingerprint density at radius 1 is 1.23 bits per heavy atom. The number of benzene rings is 1. The normalized spacial score (nSPS) is 12.5. The van der Waals surface area contributed by atoms with Crippen LogP contribution in [0.5, 0.6) is 5.75 Å². The van der Waals surface area contributed by atoms with E-state index in [2.05, 4.69) is 15.4 Å². The molecule has 0 radical (unpaired) electrons. The molecule has 1 N–H and O–H groups in total. The van der Waals surface area contributed by atoms with Crippen LogP contribution in [0.15, 0.2) is 53.6 Å². The number of hydrogen-bond donors (Lipinski definition) is 1. The molecule has 2 aromatic heterocycles. The maximum Gasteiger partial charge on any atom is 0.417 e. The SMILES string of the molecule is Cc1cccc(OCC(C)Nc2cnn(-c3ccc(C(F)(F)F)cn3)c(=O)c2Cl)c1. The van der Waals surface area contributed by atoms with Gasteiger partial charge in [-0.2, -0.15) is 23.0 Å². The lowest BCUT2D eigenvalue weighted by atomic mass is 10.2. The van der Waals surface area contributed by atoms with Crippen molar-refractivity contribution >= 4 is 17.3 Å². The second-order valence-corrected chi connectivity index (χ2v) is 7.04. The molecule has 0 aliphatic carbocycles. The number of aryl methyl sites for hydroxylation is 1. The highest BCUT2D eigenvalue weighted by Crippen LogP contribution is 2.28. The lowest BCUT2D eigenvalue weighted by molar-refractivity contribution is -0.137. The fraction of sp³-hybridized carbons (Fsp3) is 0.250. The van der Waals surface area contributed by atoms with Crippen molar-refractivity contribution < 1.29 is 17.9 Å². The first-order chi connectivity index (χ1) is 14.1. The minimum Gasteiger partial charge on any atom is -0.491 e. The maximum absolute atomic E-state index is 12.7. The molecule has 0 saturated carbocycles. The van der Waals surface area contributed by atoms with Gasteiger partial charge in [0.05, 0.1) is 23.5 Å². The summed E-state index contributed by atoms with van der Waals surface area (Å²) >= 11 is 6.15. The molecule has 0 bridgehead atoms. The maximum atomic E-state index is 12.7. The van der Waals surface area contributed by atoms with Gasteiger partial charge < -0.3 is 10.1 Å². The number of nitrogens with zero attached hydrogens (tertiary/aromatic N) is 3. The number of halogens is 4. The molecule has 0 saturated heterocycles. The molecule has 3 aromatic rings. The van der Waals surface area contributed by atoms with Crippen molar-refractivity contribution in [2.24, 2.45) is 0 Å². The van der Waals surface area contributed by atoms with Crippen LogP contribution in [0.25, 0.3) is 5.82 Å². The van der Waals surface area contributed by atoms with Gasteiger partial charge in [-0.25, -0.2) is 4.98 Å². The highest BCUT2D eigenvalue weighted by Gasteiger charge is 2.30. The molecule has 158 valence electrons. The van der Waals surface area contributed by atoms with Gasteiger partial charge in [0.1, 0.15) is 17.4 Å². The number of alkyl halides is 3. The number of anilines is 1. The zero-order valence-electron chi connectivity index (χ0n) is 16.1. The minimum absolute atomic E-state index is 0.0720. The first kappa shape index (κ1) is 21.6. The topological polar surface area (TPSA) is 69.0 Å². The zero-order chi connectivity index (χ0) is 21.9. The molecular weight excluding hydrogens is 421 g/mol. The van der Waals surface area contributed by atoms with Gasteiger partial charge in [0, 0.05) is 6.20 Å². The molecule has 0 fully saturated rings. The molecule has 1 unspecified atom stereocenters. The van der Waals surface area contributed by atoms with Crippen LogP contribution >= 0.6 is 11.6 Å². The van der Waals surface area contributed by atoms with Crippen LogP contribution in [0, 0.1) is 6.92 Å². The number of rotatable bonds is 6. The molecule has 10 heteroatoms. The Hall–Kier alpha value is -3.07. The molecule has 0 aliphatic heterocycles. The number of hydrogen-bond acceptors (Lipinski definition) is 5. The van der Waals surface area contributed by atoms with Gasteiger partial charge in [-0.1, -0.05) is 23.7 Å². The summed E-state index contributed by atoms with van der Waals surface area (Å²) in [5.41, 5.74) is -0.280. The van der Waals surface area contributed by atoms with Crippen LogP contribution in [0.1, 0.15) is 18.1 Å². The molecule has 0 spiro atoms. The van der Waals surface area contributed by atoms with Gasteiger partial charge in [-0.15, -0.1) is 0 Å². The van der Waals surface area contributed by atoms with Crippen LogP contribution < -0.4 is 15.6 Å². The predicted molar refractivity (Wildman–Crippen MR) is 107 cm³/mol. The van der Waals surface area contributed by atoms with Crippen LogP contribution in [0.2, 0.25) is 5.02 Å². The monoisotopic (exact) mass is 438 g/mol. The number of ether oxygens (including phenoxy) is 1. The van der Waals surface area contributed by atoms with E-state index < -0.39 is 17.3 Å². The lowest BCUT2D eigenvalue weighted by Crippen LogP contribution is -2.28. The summed E-state index contributed by atoms with van der Waals surface area (Å²) in [4.78, 5) is 16.2. The summed E-state index contributed by atoms with van der Waals surface area (Å²) in [6, 6.07) is 9.26. The fourth-order valence-corrected chi connectivity index (χ4v) is 2.79. The third-order valence-electron chi connectivity index (χ3n) is 4.10. The number of nitrogens with one attached hydrogen (secondary N) is 1. The molecule has 1 aromatic carbocycles. The highest BCUT2D eigenvalue weighted by molar-refractivity contribution is 6.32. The van der Waals surface area contributed by atoms with E-state index in [4.69, 9.17) is 16.3 Å². The zero-order valence-corrected chi connectivity index (χ0v) is 16.8. The van der Waals surface area contributed by atoms with E-state index in [0.29, 0.717) is 12.8 Å². The average molecular weight is 439 g/mol. The Morgan fingerprint density at radius 3 is 2.63 bits per heavy atom. The first-order valence-electron chi connectivity index (χ1n) is 8.92. The van der Waals surface area contributed by atoms with Crippen molar-refractivity contribution in [1.82, 2.24) is 14.8 Å². The van der Waals surface area contributed by atoms with Gasteiger partial charge in [-0.05, 0) is 43.7 Å². The third-order valence-corrected chi connectivity index (χ3v) is 4.47. The van der Waals surface area contributed by atoms with Gasteiger partial charge >= 0.3 is 6.18 Å². The van der Waals surface area contributed by atoms with Crippen molar-refractivity contribution in [2.75, 3.05) is 11.9 Å². The largest absolute Gasteiger partial charge is 0.491 e. The Morgan fingerprint density at radius 2 is 2.00 bits per heavy atom. The van der Waals surface area contributed by atoms with Crippen LogP contribution in [-0.4, -0.2) is 27.4 Å². The summed E-state index contributed by atoms with van der Waals surface area (Å²) < 4.78 is 44.5. The molecule has 0 amide bonds. The molecule has 3 rings (SSSR count). The van der Waals surface area contributed by atoms with Crippen LogP contribution in [0.3, 0.4) is 0 Å². The molecule has 30 heavy (non-hydrogen) atoms. The third kappa shape index (κ3) is 5.10. The van der Waals surface area contributed by atoms with E-state index >= 15 is 0 Å². The van der Waals surface area contributed by atoms with Crippen molar-refractivity contribution in [1.29, 1.82) is 0 Å². The number of aromatic nitrogens is 3. The minimum atomic E-state index is -4.52. The Balaban J connectivity index is 1.72. The van der Waals surface area contributed by atoms with E-state index in [-0.39, 0.29) is 22.6 Å². The molecule has 6 nitrogen and oxygen atoms in total. The summed E-state index contributed by atoms with van der Waals surface area (Å²) in [7, 11) is 0. The Labute approximate surface area is 175 Å². The summed E-state index contributed by atoms with van der Waals surface area (Å²) in [5.74, 6) is 0.647. The van der Waals surface area contributed by atoms with E-state index in [1.807, 2.05) is 38.1 Å². The fourth-order valence-electron chi connectivity index (χ4n) is 2.61. The first-order valence-corrected chi connectivity index (χ1v) is 9.30. The summed E-state index contributed by atoms with van der Waals surface area (Å²) in [6.45, 7) is 4.11. The summed E-state index contributed by atoms with van der Waals surface area (Å²) in [5, 5.41) is 6.84. The predicted octanol–water partition coefficient (Wildman–Crippen LogP) is 4.49. The van der Waals surface area contributed by atoms with Crippen molar-refractivity contribution in [3.8, 4) is 11.6 Å². The smallest absolute Gasteiger partial charge is 0.417 e. The second kappa shape index (κ2) is 8.74. The molecule has 2 heterocycles. The average Bonchev–Trinajstić information content (AvgIpc) is 2.70. The van der Waals surface area contributed by atoms with E-state index in [9.17, 15) is 18.0 Å². The van der Waals surface area contributed by atoms with Gasteiger partial charge in [0.15, 0.2) is 5.82 Å². The highest BCUT2D eigenvalue weighted by atomic mass is 35.5. The van der Waals surface area contributed by atoms with Crippen molar-refractivity contribution in [2.45, 2.75) is 26.1 Å². The second-order valence-electron chi connectivity index (χ2n) is 6.66. The number of pyridine rings is 1. The molecule has 0 aliphatic rings. The quantitative estimate of drug-likeness (QED) is 0.614. The Bertz CT molecular complexity index is 1080. The van der Waals surface area contributed by atoms with Crippen LogP contribution in [-0.2, 0) is 6.18 Å². The molecule has 1 atom stereocenters. The Kier molecular flexibility index (Phi) is 6.31. The molecular formula is C20H18ClF3N4O2. The van der Waals surface area contributed by atoms with Crippen molar-refractivity contribution in [3.05, 3.63) is 75.3 Å². The summed E-state index contributed by atoms with van der Waals surface area (Å²) in [6.07, 6.45) is -2.58. The van der Waals surface area contributed by atoms with E-state index in [0.717, 1.165) is 28.1 Å². The van der Waals surface area contributed by atoms with Gasteiger partial charge in [-0.3, -0.25) is 4.79 Å².